The predicted molar refractivity (Wildman–Crippen MR) is 130 cm³/mol. The average molecular weight is 518 g/mol. The van der Waals surface area contributed by atoms with Gasteiger partial charge in [0.25, 0.3) is 5.91 Å². The van der Waals surface area contributed by atoms with Crippen LogP contribution in [0.4, 0.5) is 10.5 Å². The van der Waals surface area contributed by atoms with Gasteiger partial charge in [0.1, 0.15) is 12.3 Å². The molecule has 3 aromatic carbocycles. The lowest BCUT2D eigenvalue weighted by Gasteiger charge is -2.12. The first-order valence-electron chi connectivity index (χ1n) is 9.79. The van der Waals surface area contributed by atoms with E-state index in [1.54, 1.807) is 48.5 Å². The van der Waals surface area contributed by atoms with Crippen LogP contribution in [0.25, 0.3) is 6.08 Å². The molecule has 4 rings (SSSR count). The molecule has 0 radical (unpaired) electrons. The molecule has 1 saturated heterocycles. The van der Waals surface area contributed by atoms with Crippen LogP contribution < -0.4 is 15.0 Å². The van der Waals surface area contributed by atoms with E-state index in [4.69, 9.17) is 44.6 Å². The molecule has 0 saturated carbocycles. The van der Waals surface area contributed by atoms with Gasteiger partial charge in [-0.05, 0) is 65.7 Å². The van der Waals surface area contributed by atoms with E-state index in [1.807, 2.05) is 0 Å². The minimum atomic E-state index is -1.02. The van der Waals surface area contributed by atoms with Crippen molar-refractivity contribution in [2.45, 2.75) is 6.61 Å². The maximum Gasteiger partial charge on any atom is 0.335 e. The second-order valence-electron chi connectivity index (χ2n) is 7.21. The van der Waals surface area contributed by atoms with Gasteiger partial charge in [-0.3, -0.25) is 4.79 Å². The second-order valence-corrected chi connectivity index (χ2v) is 8.46. The van der Waals surface area contributed by atoms with Gasteiger partial charge in [0, 0.05) is 5.02 Å². The summed E-state index contributed by atoms with van der Waals surface area (Å²) in [6.07, 6.45) is 1.46. The van der Waals surface area contributed by atoms with E-state index in [0.29, 0.717) is 16.3 Å². The molecule has 7 nitrogen and oxygen atoms in total. The third kappa shape index (κ3) is 5.02. The zero-order valence-electron chi connectivity index (χ0n) is 17.2. The zero-order chi connectivity index (χ0) is 24.4. The van der Waals surface area contributed by atoms with Crippen LogP contribution in [0.3, 0.4) is 0 Å². The summed E-state index contributed by atoms with van der Waals surface area (Å²) in [7, 11) is 0. The molecule has 1 aliphatic rings. The normalized spacial score (nSPS) is 14.4. The monoisotopic (exact) mass is 516 g/mol. The van der Waals surface area contributed by atoms with Crippen molar-refractivity contribution >= 4 is 64.5 Å². The van der Waals surface area contributed by atoms with Crippen molar-refractivity contribution in [3.8, 4) is 5.75 Å². The Morgan fingerprint density at radius 3 is 2.18 bits per heavy atom. The Kier molecular flexibility index (Phi) is 6.79. The molecule has 2 N–H and O–H groups in total. The van der Waals surface area contributed by atoms with Crippen molar-refractivity contribution in [3.63, 3.8) is 0 Å². The third-order valence-electron chi connectivity index (χ3n) is 4.88. The van der Waals surface area contributed by atoms with Crippen LogP contribution in [-0.2, 0) is 11.4 Å². The van der Waals surface area contributed by atoms with Crippen molar-refractivity contribution in [1.29, 1.82) is 0 Å². The summed E-state index contributed by atoms with van der Waals surface area (Å²) in [5, 5.41) is 12.4. The van der Waals surface area contributed by atoms with Crippen LogP contribution in [0.1, 0.15) is 21.5 Å². The number of carbonyl (C=O) groups excluding carboxylic acids is 2. The van der Waals surface area contributed by atoms with E-state index in [2.05, 4.69) is 5.32 Å². The SMILES string of the molecule is O=C(O)c1ccc(COc2c(Cl)cc(/C=C3/NC(=O)N(c4ccc(Cl)cc4)C3=O)cc2Cl)cc1. The minimum absolute atomic E-state index is 0.0549. The van der Waals surface area contributed by atoms with Crippen molar-refractivity contribution < 1.29 is 24.2 Å². The maximum absolute atomic E-state index is 12.8. The first kappa shape index (κ1) is 23.6. The highest BCUT2D eigenvalue weighted by Gasteiger charge is 2.34. The number of nitrogens with one attached hydrogen (secondary N) is 1. The summed E-state index contributed by atoms with van der Waals surface area (Å²) in [6, 6.07) is 15.0. The number of nitrogens with zero attached hydrogens (tertiary/aromatic N) is 1. The fraction of sp³-hybridized carbons (Fsp3) is 0.0417. The Labute approximate surface area is 209 Å². The van der Waals surface area contributed by atoms with Crippen LogP contribution in [0, 0.1) is 0 Å². The maximum atomic E-state index is 12.8. The van der Waals surface area contributed by atoms with Gasteiger partial charge in [0.2, 0.25) is 0 Å². The molecule has 172 valence electrons. The molecule has 3 amide bonds. The molecule has 0 atom stereocenters. The number of imide groups is 1. The molecule has 34 heavy (non-hydrogen) atoms. The van der Waals surface area contributed by atoms with Crippen LogP contribution in [0.5, 0.6) is 5.75 Å². The number of ether oxygens (including phenoxy) is 1. The zero-order valence-corrected chi connectivity index (χ0v) is 19.5. The number of halogens is 3. The van der Waals surface area contributed by atoms with E-state index in [0.717, 1.165) is 10.5 Å². The number of rotatable bonds is 6. The molecule has 0 aromatic heterocycles. The van der Waals surface area contributed by atoms with Gasteiger partial charge in [-0.15, -0.1) is 0 Å². The van der Waals surface area contributed by atoms with Crippen molar-refractivity contribution in [2.24, 2.45) is 0 Å². The van der Waals surface area contributed by atoms with Gasteiger partial charge in [-0.25, -0.2) is 14.5 Å². The van der Waals surface area contributed by atoms with E-state index < -0.39 is 17.9 Å². The molecule has 0 bridgehead atoms. The fourth-order valence-electron chi connectivity index (χ4n) is 3.23. The molecular formula is C24H15Cl3N2O5. The van der Waals surface area contributed by atoms with E-state index in [9.17, 15) is 14.4 Å². The summed E-state index contributed by atoms with van der Waals surface area (Å²) >= 11 is 18.6. The van der Waals surface area contributed by atoms with Gasteiger partial charge in [-0.1, -0.05) is 46.9 Å². The first-order chi connectivity index (χ1) is 16.2. The number of hydrogen-bond donors (Lipinski definition) is 2. The number of urea groups is 1. The quantitative estimate of drug-likeness (QED) is 0.308. The van der Waals surface area contributed by atoms with Gasteiger partial charge in [-0.2, -0.15) is 0 Å². The summed E-state index contributed by atoms with van der Waals surface area (Å²) < 4.78 is 5.71. The van der Waals surface area contributed by atoms with Crippen LogP contribution in [0.2, 0.25) is 15.1 Å². The van der Waals surface area contributed by atoms with Crippen molar-refractivity contribution in [1.82, 2.24) is 5.32 Å². The molecule has 10 heteroatoms. The van der Waals surface area contributed by atoms with Crippen molar-refractivity contribution in [3.05, 3.63) is 98.1 Å². The lowest BCUT2D eigenvalue weighted by Crippen LogP contribution is -2.30. The second kappa shape index (κ2) is 9.77. The Balaban J connectivity index is 1.51. The van der Waals surface area contributed by atoms with Crippen LogP contribution in [0.15, 0.2) is 66.4 Å². The molecule has 0 spiro atoms. The highest BCUT2D eigenvalue weighted by Crippen LogP contribution is 2.36. The Morgan fingerprint density at radius 2 is 1.59 bits per heavy atom. The Hall–Kier alpha value is -3.52. The Bertz CT molecular complexity index is 1300. The highest BCUT2D eigenvalue weighted by atomic mass is 35.5. The summed E-state index contributed by atoms with van der Waals surface area (Å²) in [4.78, 5) is 37.1. The van der Waals surface area contributed by atoms with E-state index in [-0.39, 0.29) is 33.7 Å². The average Bonchev–Trinajstić information content (AvgIpc) is 3.07. The van der Waals surface area contributed by atoms with E-state index >= 15 is 0 Å². The number of carboxylic acid groups (broad SMARTS) is 1. The lowest BCUT2D eigenvalue weighted by molar-refractivity contribution is -0.113. The number of carbonyl (C=O) groups is 3. The predicted octanol–water partition coefficient (Wildman–Crippen LogP) is 6.02. The van der Waals surface area contributed by atoms with Crippen LogP contribution in [-0.4, -0.2) is 23.0 Å². The minimum Gasteiger partial charge on any atom is -0.486 e. The molecule has 0 unspecified atom stereocenters. The molecule has 3 aromatic rings. The highest BCUT2D eigenvalue weighted by molar-refractivity contribution is 6.37. The van der Waals surface area contributed by atoms with Gasteiger partial charge in [0.05, 0.1) is 21.3 Å². The molecule has 1 fully saturated rings. The molecular weight excluding hydrogens is 503 g/mol. The smallest absolute Gasteiger partial charge is 0.335 e. The van der Waals surface area contributed by atoms with E-state index in [1.165, 1.54) is 18.2 Å². The number of aromatic carboxylic acids is 1. The number of carboxylic acids is 1. The standard InChI is InChI=1S/C24H15Cl3N2O5/c25-16-5-7-17(8-6-16)29-22(30)20(28-24(29)33)11-14-9-18(26)21(19(27)10-14)34-12-13-1-3-15(4-2-13)23(31)32/h1-11H,12H2,(H,28,33)(H,31,32)/b20-11+. The summed E-state index contributed by atoms with van der Waals surface area (Å²) in [5.74, 6) is -1.32. The first-order valence-corrected chi connectivity index (χ1v) is 10.9. The lowest BCUT2D eigenvalue weighted by atomic mass is 10.1. The fourth-order valence-corrected chi connectivity index (χ4v) is 3.97. The topological polar surface area (TPSA) is 95.9 Å². The van der Waals surface area contributed by atoms with Gasteiger partial charge >= 0.3 is 12.0 Å². The number of hydrogen-bond acceptors (Lipinski definition) is 4. The summed E-state index contributed by atoms with van der Waals surface area (Å²) in [6.45, 7) is 0.115. The number of benzene rings is 3. The number of anilines is 1. The molecule has 0 aliphatic carbocycles. The molecule has 1 heterocycles. The largest absolute Gasteiger partial charge is 0.486 e. The van der Waals surface area contributed by atoms with Gasteiger partial charge in [0.15, 0.2) is 5.75 Å². The number of amides is 3. The van der Waals surface area contributed by atoms with Gasteiger partial charge < -0.3 is 15.2 Å². The van der Waals surface area contributed by atoms with Crippen molar-refractivity contribution in [2.75, 3.05) is 4.90 Å². The molecule has 1 aliphatic heterocycles. The third-order valence-corrected chi connectivity index (χ3v) is 5.69. The van der Waals surface area contributed by atoms with Crippen LogP contribution >= 0.6 is 34.8 Å². The Morgan fingerprint density at radius 1 is 0.971 bits per heavy atom. The summed E-state index contributed by atoms with van der Waals surface area (Å²) in [5.41, 5.74) is 1.81.